The summed E-state index contributed by atoms with van der Waals surface area (Å²) in [5.41, 5.74) is 5.17. The van der Waals surface area contributed by atoms with Gasteiger partial charge in [-0.2, -0.15) is 0 Å². The molecule has 0 aliphatic rings. The second-order valence-corrected chi connectivity index (χ2v) is 3.22. The lowest BCUT2D eigenvalue weighted by Crippen LogP contribution is -2.38. The molecule has 1 atom stereocenters. The van der Waals surface area contributed by atoms with Gasteiger partial charge in [-0.15, -0.1) is 0 Å². The van der Waals surface area contributed by atoms with E-state index in [0.29, 0.717) is 0 Å². The Kier molecular flexibility index (Phi) is 3.74. The van der Waals surface area contributed by atoms with Crippen LogP contribution >= 0.6 is 0 Å². The van der Waals surface area contributed by atoms with Gasteiger partial charge < -0.3 is 11.1 Å². The summed E-state index contributed by atoms with van der Waals surface area (Å²) in [6.45, 7) is 1.62. The van der Waals surface area contributed by atoms with E-state index in [1.54, 1.807) is 6.92 Å². The Hall–Kier alpha value is -1.49. The van der Waals surface area contributed by atoms with E-state index < -0.39 is 23.6 Å². The van der Waals surface area contributed by atoms with Gasteiger partial charge >= 0.3 is 0 Å². The molecule has 1 rings (SSSR count). The van der Waals surface area contributed by atoms with E-state index in [1.165, 1.54) is 12.1 Å². The van der Waals surface area contributed by atoms with Gasteiger partial charge in [0, 0.05) is 12.1 Å². The summed E-state index contributed by atoms with van der Waals surface area (Å²) in [5, 5.41) is 2.69. The molecule has 0 saturated heterocycles. The van der Waals surface area contributed by atoms with Gasteiger partial charge in [-0.1, -0.05) is 12.1 Å². The Balaban J connectivity index is 2.66. The molecule has 0 spiro atoms. The highest BCUT2D eigenvalue weighted by Crippen LogP contribution is 2.10. The maximum atomic E-state index is 13.1. The summed E-state index contributed by atoms with van der Waals surface area (Å²) in [7, 11) is 0. The molecule has 0 fully saturated rings. The predicted octanol–water partition coefficient (Wildman–Crippen LogP) is 0.928. The molecule has 1 unspecified atom stereocenters. The van der Waals surface area contributed by atoms with E-state index >= 15 is 0 Å². The number of amides is 1. The molecule has 0 heterocycles. The summed E-state index contributed by atoms with van der Waals surface area (Å²) < 4.78 is 25.9. The number of nitrogens with one attached hydrogen (secondary N) is 1. The summed E-state index contributed by atoms with van der Waals surface area (Å²) in [6.07, 6.45) is 0. The lowest BCUT2D eigenvalue weighted by atomic mass is 10.2. The van der Waals surface area contributed by atoms with Crippen LogP contribution in [0.1, 0.15) is 12.5 Å². The number of benzene rings is 1. The Morgan fingerprint density at radius 1 is 1.53 bits per heavy atom. The minimum absolute atomic E-state index is 0.0632. The van der Waals surface area contributed by atoms with Gasteiger partial charge in [0.1, 0.15) is 0 Å². The van der Waals surface area contributed by atoms with Crippen molar-refractivity contribution in [3.05, 3.63) is 35.4 Å². The number of halogens is 2. The first-order valence-electron chi connectivity index (χ1n) is 4.48. The first-order valence-corrected chi connectivity index (χ1v) is 4.48. The molecular weight excluding hydrogens is 202 g/mol. The summed E-state index contributed by atoms with van der Waals surface area (Å²) in [4.78, 5) is 10.7. The Morgan fingerprint density at radius 2 is 2.20 bits per heavy atom. The van der Waals surface area contributed by atoms with Crippen molar-refractivity contribution >= 4 is 5.91 Å². The molecule has 5 heteroatoms. The summed E-state index contributed by atoms with van der Waals surface area (Å²) in [6, 6.07) is 3.31. The van der Waals surface area contributed by atoms with Gasteiger partial charge in [-0.05, 0) is 13.0 Å². The minimum Gasteiger partial charge on any atom is -0.368 e. The fourth-order valence-electron chi connectivity index (χ4n) is 1.05. The molecule has 1 aromatic carbocycles. The van der Waals surface area contributed by atoms with Gasteiger partial charge in [-0.3, -0.25) is 4.79 Å². The zero-order valence-corrected chi connectivity index (χ0v) is 8.26. The summed E-state index contributed by atoms with van der Waals surface area (Å²) in [5.74, 6) is -2.34. The standard InChI is InChI=1S/C10H12F2N2O/c1-6(10(13)15)14-5-7-3-2-4-8(11)9(7)12/h2-4,6,14H,5H2,1H3,(H2,13,15). The van der Waals surface area contributed by atoms with Crippen molar-refractivity contribution in [2.24, 2.45) is 5.73 Å². The zero-order valence-electron chi connectivity index (χ0n) is 8.26. The first kappa shape index (κ1) is 11.6. The fourth-order valence-corrected chi connectivity index (χ4v) is 1.05. The van der Waals surface area contributed by atoms with Gasteiger partial charge in [0.2, 0.25) is 5.91 Å². The molecule has 15 heavy (non-hydrogen) atoms. The maximum absolute atomic E-state index is 13.1. The Labute approximate surface area is 86.3 Å². The molecule has 0 saturated carbocycles. The normalized spacial score (nSPS) is 12.5. The molecule has 82 valence electrons. The first-order chi connectivity index (χ1) is 7.02. The third-order valence-corrected chi connectivity index (χ3v) is 2.06. The number of hydrogen-bond acceptors (Lipinski definition) is 2. The van der Waals surface area contributed by atoms with E-state index in [2.05, 4.69) is 5.32 Å². The van der Waals surface area contributed by atoms with Gasteiger partial charge in [0.05, 0.1) is 6.04 Å². The molecule has 0 aliphatic heterocycles. The molecule has 1 aromatic rings. The topological polar surface area (TPSA) is 55.1 Å². The van der Waals surface area contributed by atoms with Crippen molar-refractivity contribution in [2.45, 2.75) is 19.5 Å². The fraction of sp³-hybridized carbons (Fsp3) is 0.300. The van der Waals surface area contributed by atoms with E-state index in [0.717, 1.165) is 6.07 Å². The van der Waals surface area contributed by atoms with Crippen molar-refractivity contribution in [3.8, 4) is 0 Å². The SMILES string of the molecule is CC(NCc1cccc(F)c1F)C(N)=O. The average Bonchev–Trinajstić information content (AvgIpc) is 2.19. The van der Waals surface area contributed by atoms with E-state index in [1.807, 2.05) is 0 Å². The van der Waals surface area contributed by atoms with Gasteiger partial charge in [0.25, 0.3) is 0 Å². The van der Waals surface area contributed by atoms with Crippen molar-refractivity contribution in [2.75, 3.05) is 0 Å². The second-order valence-electron chi connectivity index (χ2n) is 3.22. The van der Waals surface area contributed by atoms with Crippen LogP contribution in [0.2, 0.25) is 0 Å². The third-order valence-electron chi connectivity index (χ3n) is 2.06. The van der Waals surface area contributed by atoms with E-state index in [9.17, 15) is 13.6 Å². The largest absolute Gasteiger partial charge is 0.368 e. The smallest absolute Gasteiger partial charge is 0.234 e. The quantitative estimate of drug-likeness (QED) is 0.783. The molecule has 0 aromatic heterocycles. The highest BCUT2D eigenvalue weighted by Gasteiger charge is 2.11. The van der Waals surface area contributed by atoms with E-state index in [-0.39, 0.29) is 12.1 Å². The lowest BCUT2D eigenvalue weighted by Gasteiger charge is -2.10. The van der Waals surface area contributed by atoms with Gasteiger partial charge in [-0.25, -0.2) is 8.78 Å². The van der Waals surface area contributed by atoms with Crippen LogP contribution in [-0.2, 0) is 11.3 Å². The van der Waals surface area contributed by atoms with Crippen LogP contribution < -0.4 is 11.1 Å². The summed E-state index contributed by atoms with van der Waals surface area (Å²) >= 11 is 0. The highest BCUT2D eigenvalue weighted by atomic mass is 19.2. The molecule has 3 N–H and O–H groups in total. The van der Waals surface area contributed by atoms with Crippen molar-refractivity contribution < 1.29 is 13.6 Å². The van der Waals surface area contributed by atoms with Gasteiger partial charge in [0.15, 0.2) is 11.6 Å². The third kappa shape index (κ3) is 2.99. The minimum atomic E-state index is -0.902. The number of carbonyl (C=O) groups excluding carboxylic acids is 1. The van der Waals surface area contributed by atoms with Crippen LogP contribution in [0.5, 0.6) is 0 Å². The number of carbonyl (C=O) groups is 1. The molecule has 0 radical (unpaired) electrons. The molecule has 1 amide bonds. The Morgan fingerprint density at radius 3 is 2.80 bits per heavy atom. The molecule has 0 bridgehead atoms. The molecular formula is C10H12F2N2O. The predicted molar refractivity (Wildman–Crippen MR) is 51.9 cm³/mol. The number of hydrogen-bond donors (Lipinski definition) is 2. The zero-order chi connectivity index (χ0) is 11.4. The van der Waals surface area contributed by atoms with E-state index in [4.69, 9.17) is 5.73 Å². The number of rotatable bonds is 4. The molecule has 3 nitrogen and oxygen atoms in total. The highest BCUT2D eigenvalue weighted by molar-refractivity contribution is 5.79. The average molecular weight is 214 g/mol. The van der Waals surface area contributed by atoms with Crippen LogP contribution in [0, 0.1) is 11.6 Å². The number of primary amides is 1. The van der Waals surface area contributed by atoms with Crippen LogP contribution in [0.3, 0.4) is 0 Å². The number of nitrogens with two attached hydrogens (primary N) is 1. The Bertz CT molecular complexity index is 368. The van der Waals surface area contributed by atoms with Crippen molar-refractivity contribution in [1.82, 2.24) is 5.32 Å². The molecule has 0 aliphatic carbocycles. The van der Waals surface area contributed by atoms with Crippen LogP contribution in [0.4, 0.5) is 8.78 Å². The maximum Gasteiger partial charge on any atom is 0.234 e. The van der Waals surface area contributed by atoms with Crippen LogP contribution in [0.15, 0.2) is 18.2 Å². The van der Waals surface area contributed by atoms with Crippen LogP contribution in [-0.4, -0.2) is 11.9 Å². The monoisotopic (exact) mass is 214 g/mol. The van der Waals surface area contributed by atoms with Crippen molar-refractivity contribution in [1.29, 1.82) is 0 Å². The second kappa shape index (κ2) is 4.84. The lowest BCUT2D eigenvalue weighted by molar-refractivity contribution is -0.119. The van der Waals surface area contributed by atoms with Crippen molar-refractivity contribution in [3.63, 3.8) is 0 Å². The van der Waals surface area contributed by atoms with Crippen LogP contribution in [0.25, 0.3) is 0 Å².